The Kier molecular flexibility index (Phi) is 6.04. The summed E-state index contributed by atoms with van der Waals surface area (Å²) in [7, 11) is 0. The number of aliphatic imine (C=N–C) groups is 1. The first kappa shape index (κ1) is 21.5. The van der Waals surface area contributed by atoms with E-state index in [9.17, 15) is 8.99 Å². The highest BCUT2D eigenvalue weighted by atomic mass is 32.2. The van der Waals surface area contributed by atoms with Crippen molar-refractivity contribution in [3.8, 4) is 0 Å². The van der Waals surface area contributed by atoms with Crippen LogP contribution < -0.4 is 0 Å². The first-order valence-corrected chi connectivity index (χ1v) is 11.7. The number of rotatable bonds is 6. The molecule has 3 aromatic heterocycles. The number of hydrogen-bond acceptors (Lipinski definition) is 6. The summed E-state index contributed by atoms with van der Waals surface area (Å²) in [6.07, 6.45) is 2.14. The van der Waals surface area contributed by atoms with Gasteiger partial charge in [-0.15, -0.1) is 3.89 Å². The quantitative estimate of drug-likeness (QED) is 0.288. The molecule has 0 amide bonds. The fraction of sp³-hybridized carbons (Fsp3) is 0.0800. The van der Waals surface area contributed by atoms with Crippen molar-refractivity contribution in [2.75, 3.05) is 0 Å². The molecule has 0 aliphatic heterocycles. The Morgan fingerprint density at radius 1 is 1.03 bits per heavy atom. The maximum atomic E-state index is 13.4. The van der Waals surface area contributed by atoms with E-state index in [4.69, 9.17) is 4.99 Å². The number of hydrogen-bond donors (Lipinski definition) is 1. The molecule has 0 aliphatic rings. The molecule has 3 heterocycles. The van der Waals surface area contributed by atoms with E-state index in [-0.39, 0.29) is 12.3 Å². The van der Waals surface area contributed by atoms with Gasteiger partial charge in [-0.2, -0.15) is 0 Å². The number of benzene rings is 2. The second kappa shape index (κ2) is 9.27. The summed E-state index contributed by atoms with van der Waals surface area (Å²) in [5, 5.41) is 13.0. The van der Waals surface area contributed by atoms with E-state index in [0.29, 0.717) is 26.6 Å². The summed E-state index contributed by atoms with van der Waals surface area (Å²) in [6.45, 7) is 1.88. The molecular formula is C25H19FN4OS2. The van der Waals surface area contributed by atoms with Crippen molar-refractivity contribution in [2.24, 2.45) is 4.99 Å². The van der Waals surface area contributed by atoms with Gasteiger partial charge in [-0.3, -0.25) is 0 Å². The summed E-state index contributed by atoms with van der Waals surface area (Å²) in [6, 6.07) is 23.5. The molecule has 0 spiro atoms. The highest BCUT2D eigenvalue weighted by Gasteiger charge is 2.23. The van der Waals surface area contributed by atoms with Gasteiger partial charge in [0.15, 0.2) is 18.0 Å². The molecular weight excluding hydrogens is 455 g/mol. The Labute approximate surface area is 198 Å². The van der Waals surface area contributed by atoms with Gasteiger partial charge < -0.3 is 5.11 Å². The van der Waals surface area contributed by atoms with Crippen LogP contribution in [-0.2, 0) is 0 Å². The van der Waals surface area contributed by atoms with Crippen LogP contribution in [0.15, 0.2) is 90.2 Å². The molecule has 0 radical (unpaired) electrons. The molecule has 8 heteroatoms. The summed E-state index contributed by atoms with van der Waals surface area (Å²) < 4.78 is 14.7. The van der Waals surface area contributed by atoms with Crippen LogP contribution in [0.25, 0.3) is 11.0 Å². The minimum atomic E-state index is -1.02. The van der Waals surface area contributed by atoms with E-state index in [1.54, 1.807) is 18.5 Å². The van der Waals surface area contributed by atoms with Gasteiger partial charge in [-0.1, -0.05) is 72.0 Å². The predicted molar refractivity (Wildman–Crippen MR) is 133 cm³/mol. The molecule has 0 saturated heterocycles. The summed E-state index contributed by atoms with van der Waals surface area (Å²) in [4.78, 5) is 13.8. The molecule has 5 nitrogen and oxygen atoms in total. The van der Waals surface area contributed by atoms with E-state index in [1.807, 2.05) is 73.7 Å². The van der Waals surface area contributed by atoms with Crippen LogP contribution in [0.3, 0.4) is 0 Å². The monoisotopic (exact) mass is 474 g/mol. The van der Waals surface area contributed by atoms with Crippen molar-refractivity contribution < 1.29 is 8.99 Å². The summed E-state index contributed by atoms with van der Waals surface area (Å²) in [5.74, 6) is 0. The number of pyridine rings is 1. The fourth-order valence-corrected chi connectivity index (χ4v) is 4.99. The summed E-state index contributed by atoms with van der Waals surface area (Å²) >= 11 is 1.37. The molecule has 5 rings (SSSR count). The van der Waals surface area contributed by atoms with Crippen molar-refractivity contribution in [1.29, 1.82) is 0 Å². The first-order chi connectivity index (χ1) is 16.2. The van der Waals surface area contributed by atoms with Gasteiger partial charge in [-0.05, 0) is 19.1 Å². The molecule has 0 saturated carbocycles. The molecule has 1 N–H and O–H groups in total. The van der Waals surface area contributed by atoms with Gasteiger partial charge in [0.1, 0.15) is 16.1 Å². The Bertz CT molecular complexity index is 1390. The Balaban J connectivity index is 1.58. The lowest BCUT2D eigenvalue weighted by Gasteiger charge is -2.07. The Morgan fingerprint density at radius 2 is 1.70 bits per heavy atom. The van der Waals surface area contributed by atoms with Gasteiger partial charge in [-0.25, -0.2) is 18.9 Å². The highest BCUT2D eigenvalue weighted by molar-refractivity contribution is 7.92. The SMILES string of the molecule is Cc1nc(C(O)c2cn(SF)c3ncccc23)sc1N=C(c1ccccc1)c1ccccc1. The number of aliphatic hydroxyl groups excluding tert-OH is 1. The highest BCUT2D eigenvalue weighted by Crippen LogP contribution is 2.37. The minimum Gasteiger partial charge on any atom is -0.381 e. The van der Waals surface area contributed by atoms with E-state index in [2.05, 4.69) is 9.97 Å². The smallest absolute Gasteiger partial charge is 0.171 e. The second-order valence-corrected chi connectivity index (χ2v) is 8.93. The molecule has 33 heavy (non-hydrogen) atoms. The molecule has 0 fully saturated rings. The average molecular weight is 475 g/mol. The van der Waals surface area contributed by atoms with Crippen LogP contribution in [0.5, 0.6) is 0 Å². The lowest BCUT2D eigenvalue weighted by atomic mass is 10.0. The van der Waals surface area contributed by atoms with Crippen LogP contribution in [0, 0.1) is 6.92 Å². The van der Waals surface area contributed by atoms with Crippen LogP contribution >= 0.6 is 23.7 Å². The number of aromatic nitrogens is 3. The number of halogens is 1. The van der Waals surface area contributed by atoms with Crippen molar-refractivity contribution in [1.82, 2.24) is 13.9 Å². The van der Waals surface area contributed by atoms with Gasteiger partial charge in [0.25, 0.3) is 0 Å². The molecule has 5 aromatic rings. The van der Waals surface area contributed by atoms with Gasteiger partial charge in [0, 0.05) is 34.5 Å². The van der Waals surface area contributed by atoms with E-state index < -0.39 is 6.10 Å². The van der Waals surface area contributed by atoms with Gasteiger partial charge in [0.05, 0.1) is 11.4 Å². The third-order valence-electron chi connectivity index (χ3n) is 5.26. The topological polar surface area (TPSA) is 63.3 Å². The zero-order valence-corrected chi connectivity index (χ0v) is 19.2. The Morgan fingerprint density at radius 3 is 2.33 bits per heavy atom. The van der Waals surface area contributed by atoms with E-state index in [0.717, 1.165) is 22.5 Å². The van der Waals surface area contributed by atoms with Crippen LogP contribution in [0.1, 0.15) is 33.5 Å². The predicted octanol–water partition coefficient (Wildman–Crippen LogP) is 6.43. The number of fused-ring (bicyclic) bond motifs is 1. The molecule has 2 aromatic carbocycles. The lowest BCUT2D eigenvalue weighted by Crippen LogP contribution is -2.02. The van der Waals surface area contributed by atoms with Crippen molar-refractivity contribution >= 4 is 45.4 Å². The number of aliphatic hydroxyl groups is 1. The largest absolute Gasteiger partial charge is 0.381 e. The number of nitrogens with zero attached hydrogens (tertiary/aromatic N) is 4. The summed E-state index contributed by atoms with van der Waals surface area (Å²) in [5.41, 5.74) is 4.55. The zero-order chi connectivity index (χ0) is 22.8. The first-order valence-electron chi connectivity index (χ1n) is 10.3. The van der Waals surface area contributed by atoms with Crippen molar-refractivity contribution in [2.45, 2.75) is 13.0 Å². The minimum absolute atomic E-state index is 0.0479. The number of thiazole rings is 1. The van der Waals surface area contributed by atoms with Crippen molar-refractivity contribution in [3.05, 3.63) is 113 Å². The Hall–Kier alpha value is -3.33. The maximum Gasteiger partial charge on any atom is 0.171 e. The van der Waals surface area contributed by atoms with Crippen molar-refractivity contribution in [3.63, 3.8) is 0 Å². The zero-order valence-electron chi connectivity index (χ0n) is 17.6. The maximum absolute atomic E-state index is 13.4. The molecule has 164 valence electrons. The molecule has 0 aliphatic carbocycles. The van der Waals surface area contributed by atoms with E-state index in [1.165, 1.54) is 15.3 Å². The van der Waals surface area contributed by atoms with Crippen LogP contribution in [-0.4, -0.2) is 24.8 Å². The molecule has 1 unspecified atom stereocenters. The van der Waals surface area contributed by atoms with E-state index >= 15 is 0 Å². The second-order valence-electron chi connectivity index (χ2n) is 7.39. The lowest BCUT2D eigenvalue weighted by molar-refractivity contribution is 0.221. The average Bonchev–Trinajstić information content (AvgIpc) is 3.43. The number of aryl methyl sites for hydroxylation is 1. The molecule has 0 bridgehead atoms. The molecule has 1 atom stereocenters. The van der Waals surface area contributed by atoms with Gasteiger partial charge >= 0.3 is 0 Å². The van der Waals surface area contributed by atoms with Crippen LogP contribution in [0.4, 0.5) is 8.89 Å². The third kappa shape index (κ3) is 4.20. The van der Waals surface area contributed by atoms with Gasteiger partial charge in [0.2, 0.25) is 0 Å². The fourth-order valence-electron chi connectivity index (χ4n) is 3.68. The van der Waals surface area contributed by atoms with Crippen LogP contribution in [0.2, 0.25) is 0 Å². The normalized spacial score (nSPS) is 12.1. The third-order valence-corrected chi connectivity index (χ3v) is 6.79. The standard InChI is InChI=1S/C25H19FN4OS2/c1-16-24(29-21(17-9-4-2-5-10-17)18-11-6-3-7-12-18)32-25(28-16)22(31)20-15-30(33-26)23-19(20)13-8-14-27-23/h2-15,22,31H,1H3.